The fourth-order valence-corrected chi connectivity index (χ4v) is 6.16. The number of rotatable bonds is 10. The maximum absolute atomic E-state index is 14.0. The molecule has 0 saturated carbocycles. The van der Waals surface area contributed by atoms with Crippen LogP contribution in [0.2, 0.25) is 0 Å². The first kappa shape index (κ1) is 38.2. The van der Waals surface area contributed by atoms with Crippen molar-refractivity contribution in [3.05, 3.63) is 76.9 Å². The highest BCUT2D eigenvalue weighted by molar-refractivity contribution is 5.86. The molecule has 0 amide bonds. The maximum atomic E-state index is 14.0. The van der Waals surface area contributed by atoms with Crippen LogP contribution in [0.25, 0.3) is 11.1 Å². The number of carbonyl (C=O) groups is 1. The third-order valence-corrected chi connectivity index (χ3v) is 8.99. The average molecular weight is 684 g/mol. The van der Waals surface area contributed by atoms with E-state index in [1.54, 1.807) is 32.9 Å². The van der Waals surface area contributed by atoms with Crippen molar-refractivity contribution in [3.63, 3.8) is 0 Å². The lowest BCUT2D eigenvalue weighted by Crippen LogP contribution is -2.40. The van der Waals surface area contributed by atoms with E-state index in [0.717, 1.165) is 54.0 Å². The molecular weight excluding hydrogens is 631 g/mol. The summed E-state index contributed by atoms with van der Waals surface area (Å²) in [5.41, 5.74) is 5.43. The number of ether oxygens (including phenoxy) is 1. The van der Waals surface area contributed by atoms with E-state index >= 15 is 0 Å². The summed E-state index contributed by atoms with van der Waals surface area (Å²) in [7, 11) is 0. The van der Waals surface area contributed by atoms with Crippen molar-refractivity contribution >= 4 is 11.7 Å². The molecule has 2 aliphatic rings. The van der Waals surface area contributed by atoms with Crippen LogP contribution in [0, 0.1) is 18.2 Å². The summed E-state index contributed by atoms with van der Waals surface area (Å²) in [6, 6.07) is 14.1. The summed E-state index contributed by atoms with van der Waals surface area (Å²) in [5.74, 6) is -3.16. The van der Waals surface area contributed by atoms with Crippen LogP contribution >= 0.6 is 0 Å². The lowest BCUT2D eigenvalue weighted by Gasteiger charge is -2.40. The molecule has 2 aromatic carbocycles. The predicted octanol–water partition coefficient (Wildman–Crippen LogP) is 8.08. The highest BCUT2D eigenvalue weighted by Crippen LogP contribution is 2.43. The van der Waals surface area contributed by atoms with E-state index in [4.69, 9.17) is 14.8 Å². The Morgan fingerprint density at radius 1 is 0.939 bits per heavy atom. The van der Waals surface area contributed by atoms with Gasteiger partial charge in [0, 0.05) is 68.8 Å². The first-order valence-electron chi connectivity index (χ1n) is 17.2. The fraction of sp³-hybridized carbons (Fsp3) is 0.538. The van der Waals surface area contributed by atoms with Crippen LogP contribution in [0.3, 0.4) is 0 Å². The number of aliphatic carboxylic acids is 1. The van der Waals surface area contributed by atoms with Crippen molar-refractivity contribution in [2.75, 3.05) is 37.7 Å². The van der Waals surface area contributed by atoms with Gasteiger partial charge in [0.1, 0.15) is 11.6 Å². The molecule has 0 unspecified atom stereocenters. The van der Waals surface area contributed by atoms with Gasteiger partial charge in [-0.05, 0) is 81.3 Å². The molecule has 2 N–H and O–H groups in total. The van der Waals surface area contributed by atoms with Crippen LogP contribution in [-0.4, -0.2) is 70.4 Å². The van der Waals surface area contributed by atoms with E-state index in [-0.39, 0.29) is 43.6 Å². The van der Waals surface area contributed by atoms with Crippen molar-refractivity contribution in [1.29, 1.82) is 0 Å². The molecule has 7 nitrogen and oxygen atoms in total. The van der Waals surface area contributed by atoms with Gasteiger partial charge in [-0.25, -0.2) is 13.2 Å². The highest BCUT2D eigenvalue weighted by Gasteiger charge is 2.35. The summed E-state index contributed by atoms with van der Waals surface area (Å²) in [6.45, 7) is 14.6. The molecule has 0 bridgehead atoms. The van der Waals surface area contributed by atoms with Crippen LogP contribution in [0.4, 0.5) is 18.9 Å². The van der Waals surface area contributed by atoms with Crippen LogP contribution in [0.5, 0.6) is 5.75 Å². The second-order valence-corrected chi connectivity index (χ2v) is 15.1. The number of carboxylic acid groups (broad SMARTS) is 1. The topological polar surface area (TPSA) is 86.1 Å². The van der Waals surface area contributed by atoms with Crippen LogP contribution in [-0.2, 0) is 24.2 Å². The van der Waals surface area contributed by atoms with Gasteiger partial charge < -0.3 is 19.8 Å². The third-order valence-electron chi connectivity index (χ3n) is 8.99. The zero-order chi connectivity index (χ0) is 36.0. The molecule has 2 saturated heterocycles. The minimum atomic E-state index is -2.65. The Morgan fingerprint density at radius 3 is 2.06 bits per heavy atom. The van der Waals surface area contributed by atoms with Gasteiger partial charge >= 0.3 is 5.97 Å². The third kappa shape index (κ3) is 11.7. The van der Waals surface area contributed by atoms with Crippen LogP contribution in [0.1, 0.15) is 82.8 Å². The van der Waals surface area contributed by atoms with Gasteiger partial charge in [0.25, 0.3) is 5.92 Å². The molecule has 0 aliphatic carbocycles. The molecule has 2 fully saturated rings. The molecule has 0 spiro atoms. The summed E-state index contributed by atoms with van der Waals surface area (Å²) >= 11 is 0. The summed E-state index contributed by atoms with van der Waals surface area (Å²) in [6.07, 6.45) is 2.06. The van der Waals surface area contributed by atoms with Crippen LogP contribution in [0.15, 0.2) is 48.5 Å². The number of hydrogen-bond donors (Lipinski definition) is 2. The monoisotopic (exact) mass is 683 g/mol. The predicted molar refractivity (Wildman–Crippen MR) is 188 cm³/mol. The van der Waals surface area contributed by atoms with Gasteiger partial charge in [-0.15, -0.1) is 0 Å². The lowest BCUT2D eigenvalue weighted by molar-refractivity contribution is -0.136. The van der Waals surface area contributed by atoms with Gasteiger partial charge in [-0.1, -0.05) is 38.1 Å². The molecule has 0 radical (unpaired) electrons. The molecule has 0 atom stereocenters. The second kappa shape index (κ2) is 15.9. The minimum Gasteiger partial charge on any atom is -0.493 e. The minimum absolute atomic E-state index is 0.151. The first-order valence-corrected chi connectivity index (χ1v) is 17.2. The number of aryl methyl sites for hydroxylation is 1. The number of aliphatic hydroxyl groups is 1. The number of nitrogens with zero attached hydrogens (tertiary/aromatic N) is 3. The van der Waals surface area contributed by atoms with E-state index in [1.165, 1.54) is 12.1 Å². The number of aromatic nitrogens is 1. The SMILES string of the molecule is CC(C)(C)O.Cc1nc(CN2CCC(F)(F)CC2)c(-c2ccc(OCCc3ccc(F)cc3)cc2)c(N2CCC(C)(C)CC2)c1CC(=O)O. The molecule has 49 heavy (non-hydrogen) atoms. The van der Waals surface area contributed by atoms with Gasteiger partial charge in [0.05, 0.1) is 30.0 Å². The zero-order valence-electron chi connectivity index (χ0n) is 29.8. The molecule has 10 heteroatoms. The van der Waals surface area contributed by atoms with Crippen molar-refractivity contribution in [2.24, 2.45) is 5.41 Å². The Kier molecular flexibility index (Phi) is 12.4. The number of benzene rings is 2. The Labute approximate surface area is 289 Å². The number of hydrogen-bond acceptors (Lipinski definition) is 6. The Bertz CT molecular complexity index is 1530. The van der Waals surface area contributed by atoms with Crippen molar-refractivity contribution in [3.8, 4) is 16.9 Å². The van der Waals surface area contributed by atoms with Crippen molar-refractivity contribution < 1.29 is 32.9 Å². The molecule has 5 rings (SSSR count). The lowest BCUT2D eigenvalue weighted by atomic mass is 9.82. The molecule has 268 valence electrons. The Hall–Kier alpha value is -3.63. The van der Waals surface area contributed by atoms with Gasteiger partial charge in [-0.3, -0.25) is 14.7 Å². The number of piperidine rings is 2. The smallest absolute Gasteiger partial charge is 0.307 e. The summed E-state index contributed by atoms with van der Waals surface area (Å²) < 4.78 is 47.2. The first-order chi connectivity index (χ1) is 22.9. The molecule has 3 heterocycles. The largest absolute Gasteiger partial charge is 0.493 e. The molecular formula is C39H52F3N3O4. The summed E-state index contributed by atoms with van der Waals surface area (Å²) in [4.78, 5) is 21.3. The Morgan fingerprint density at radius 2 is 1.51 bits per heavy atom. The summed E-state index contributed by atoms with van der Waals surface area (Å²) in [5, 5.41) is 18.4. The molecule has 3 aromatic rings. The van der Waals surface area contributed by atoms with E-state index in [0.29, 0.717) is 36.6 Å². The number of anilines is 1. The number of pyridine rings is 1. The standard InChI is InChI=1S/C35H42F3N3O3.C4H10O/c1-24-29(22-31(42)43)33(41-19-13-34(2,3)14-20-41)32(30(39-24)23-40-17-15-35(37,38)16-18-40)26-6-10-28(11-7-26)44-21-12-25-4-8-27(36)9-5-25;1-4(2,3)5/h4-11H,12-23H2,1-3H3,(H,42,43);5H,1-3H3. The van der Waals surface area contributed by atoms with Crippen molar-refractivity contribution in [2.45, 2.75) is 98.1 Å². The highest BCUT2D eigenvalue weighted by atomic mass is 19.3. The van der Waals surface area contributed by atoms with Crippen LogP contribution < -0.4 is 9.64 Å². The van der Waals surface area contributed by atoms with Gasteiger partial charge in [0.2, 0.25) is 0 Å². The number of alkyl halides is 2. The van der Waals surface area contributed by atoms with Gasteiger partial charge in [0.15, 0.2) is 0 Å². The number of likely N-dealkylation sites (tertiary alicyclic amines) is 1. The van der Waals surface area contributed by atoms with E-state index in [1.807, 2.05) is 36.1 Å². The zero-order valence-corrected chi connectivity index (χ0v) is 29.8. The van der Waals surface area contributed by atoms with Crippen molar-refractivity contribution in [1.82, 2.24) is 9.88 Å². The molecule has 2 aliphatic heterocycles. The fourth-order valence-electron chi connectivity index (χ4n) is 6.16. The maximum Gasteiger partial charge on any atom is 0.307 e. The van der Waals surface area contributed by atoms with E-state index < -0.39 is 17.5 Å². The number of halogens is 3. The average Bonchev–Trinajstić information content (AvgIpc) is 3.00. The molecule has 1 aromatic heterocycles. The normalized spacial score (nSPS) is 17.6. The Balaban J connectivity index is 0.00000101. The van der Waals surface area contributed by atoms with Gasteiger partial charge in [-0.2, -0.15) is 0 Å². The van der Waals surface area contributed by atoms with E-state index in [9.17, 15) is 23.1 Å². The quantitative estimate of drug-likeness (QED) is 0.224. The van der Waals surface area contributed by atoms with E-state index in [2.05, 4.69) is 18.7 Å². The second-order valence-electron chi connectivity index (χ2n) is 15.1. The number of carboxylic acids is 1.